The van der Waals surface area contributed by atoms with Crippen LogP contribution < -0.4 is 16.0 Å². The molecule has 0 bridgehead atoms. The summed E-state index contributed by atoms with van der Waals surface area (Å²) in [6.45, 7) is 6.65. The fraction of sp³-hybridized carbons (Fsp3) is 0.526. The summed E-state index contributed by atoms with van der Waals surface area (Å²) in [5, 5.41) is 7.64. The van der Waals surface area contributed by atoms with Crippen LogP contribution in [0.2, 0.25) is 0 Å². The Bertz CT molecular complexity index is 716. The summed E-state index contributed by atoms with van der Waals surface area (Å²) < 4.78 is 0. The van der Waals surface area contributed by atoms with Crippen LogP contribution in [0.4, 0.5) is 4.79 Å². The molecule has 4 amide bonds. The number of amides is 4. The zero-order valence-corrected chi connectivity index (χ0v) is 15.3. The second kappa shape index (κ2) is 7.45. The SMILES string of the molecule is CC(C)(CNC(=O)CC[C@H]1NC(=O)NC1=O)N1CCc2ccccc2C1. The van der Waals surface area contributed by atoms with Gasteiger partial charge in [0.25, 0.3) is 5.91 Å². The minimum atomic E-state index is -0.611. The maximum atomic E-state index is 12.1. The van der Waals surface area contributed by atoms with Crippen LogP contribution in [-0.4, -0.2) is 47.4 Å². The van der Waals surface area contributed by atoms with Crippen molar-refractivity contribution in [1.82, 2.24) is 20.9 Å². The second-order valence-corrected chi connectivity index (χ2v) is 7.58. The molecule has 0 unspecified atom stereocenters. The van der Waals surface area contributed by atoms with Gasteiger partial charge in [-0.1, -0.05) is 24.3 Å². The molecule has 3 rings (SSSR count). The minimum absolute atomic E-state index is 0.107. The number of nitrogens with one attached hydrogen (secondary N) is 3. The molecule has 2 aliphatic heterocycles. The number of imide groups is 1. The van der Waals surface area contributed by atoms with E-state index >= 15 is 0 Å². The Hall–Kier alpha value is -2.41. The molecule has 0 aliphatic carbocycles. The molecule has 1 fully saturated rings. The summed E-state index contributed by atoms with van der Waals surface area (Å²) in [5.41, 5.74) is 2.59. The lowest BCUT2D eigenvalue weighted by molar-refractivity contribution is -0.122. The Balaban J connectivity index is 1.46. The van der Waals surface area contributed by atoms with Crippen LogP contribution in [0.25, 0.3) is 0 Å². The van der Waals surface area contributed by atoms with Crippen LogP contribution >= 0.6 is 0 Å². The number of urea groups is 1. The quantitative estimate of drug-likeness (QED) is 0.660. The maximum Gasteiger partial charge on any atom is 0.322 e. The fourth-order valence-electron chi connectivity index (χ4n) is 3.47. The van der Waals surface area contributed by atoms with Gasteiger partial charge in [-0.05, 0) is 37.8 Å². The number of fused-ring (bicyclic) bond motifs is 1. The fourth-order valence-corrected chi connectivity index (χ4v) is 3.47. The molecule has 3 N–H and O–H groups in total. The predicted molar refractivity (Wildman–Crippen MR) is 97.3 cm³/mol. The zero-order chi connectivity index (χ0) is 18.7. The normalized spacial score (nSPS) is 20.3. The van der Waals surface area contributed by atoms with Gasteiger partial charge < -0.3 is 10.6 Å². The smallest absolute Gasteiger partial charge is 0.322 e. The molecule has 7 nitrogen and oxygen atoms in total. The number of carbonyl (C=O) groups excluding carboxylic acids is 3. The highest BCUT2D eigenvalue weighted by molar-refractivity contribution is 6.04. The number of hydrogen-bond donors (Lipinski definition) is 3. The average molecular weight is 358 g/mol. The topological polar surface area (TPSA) is 90.5 Å². The van der Waals surface area contributed by atoms with Crippen molar-refractivity contribution in [2.75, 3.05) is 13.1 Å². The number of rotatable bonds is 6. The maximum absolute atomic E-state index is 12.1. The minimum Gasteiger partial charge on any atom is -0.354 e. The van der Waals surface area contributed by atoms with Crippen molar-refractivity contribution in [3.63, 3.8) is 0 Å². The third kappa shape index (κ3) is 4.22. The Morgan fingerprint density at radius 2 is 2.00 bits per heavy atom. The first-order valence-corrected chi connectivity index (χ1v) is 9.05. The molecule has 0 aromatic heterocycles. The number of nitrogens with zero attached hydrogens (tertiary/aromatic N) is 1. The van der Waals surface area contributed by atoms with Gasteiger partial charge >= 0.3 is 6.03 Å². The van der Waals surface area contributed by atoms with E-state index in [0.717, 1.165) is 19.5 Å². The Morgan fingerprint density at radius 1 is 1.27 bits per heavy atom. The monoisotopic (exact) mass is 358 g/mol. The molecule has 0 spiro atoms. The van der Waals surface area contributed by atoms with Gasteiger partial charge in [-0.15, -0.1) is 0 Å². The summed E-state index contributed by atoms with van der Waals surface area (Å²) in [5.74, 6) is -0.473. The van der Waals surface area contributed by atoms with E-state index in [1.54, 1.807) is 0 Å². The highest BCUT2D eigenvalue weighted by Crippen LogP contribution is 2.24. The van der Waals surface area contributed by atoms with Crippen molar-refractivity contribution >= 4 is 17.8 Å². The zero-order valence-electron chi connectivity index (χ0n) is 15.3. The van der Waals surface area contributed by atoms with Gasteiger partial charge in [-0.25, -0.2) is 4.79 Å². The summed E-state index contributed by atoms with van der Waals surface area (Å²) in [7, 11) is 0. The number of hydrogen-bond acceptors (Lipinski definition) is 4. The molecule has 1 aromatic rings. The molecule has 0 radical (unpaired) electrons. The predicted octanol–water partition coefficient (Wildman–Crippen LogP) is 0.928. The van der Waals surface area contributed by atoms with Gasteiger partial charge in [0.15, 0.2) is 0 Å². The molecule has 26 heavy (non-hydrogen) atoms. The molecule has 1 aromatic carbocycles. The van der Waals surface area contributed by atoms with Crippen LogP contribution in [0.15, 0.2) is 24.3 Å². The highest BCUT2D eigenvalue weighted by atomic mass is 16.2. The third-order valence-corrected chi connectivity index (χ3v) is 5.22. The van der Waals surface area contributed by atoms with E-state index in [4.69, 9.17) is 0 Å². The largest absolute Gasteiger partial charge is 0.354 e. The molecular formula is C19H26N4O3. The van der Waals surface area contributed by atoms with E-state index in [9.17, 15) is 14.4 Å². The van der Waals surface area contributed by atoms with Crippen LogP contribution in [0.1, 0.15) is 37.8 Å². The number of benzene rings is 1. The van der Waals surface area contributed by atoms with E-state index in [0.29, 0.717) is 13.0 Å². The molecule has 140 valence electrons. The van der Waals surface area contributed by atoms with Gasteiger partial charge in [0.1, 0.15) is 6.04 Å². The van der Waals surface area contributed by atoms with Crippen molar-refractivity contribution in [1.29, 1.82) is 0 Å². The average Bonchev–Trinajstić information content (AvgIpc) is 2.95. The van der Waals surface area contributed by atoms with Gasteiger partial charge in [0.05, 0.1) is 0 Å². The molecular weight excluding hydrogens is 332 g/mol. The van der Waals surface area contributed by atoms with Crippen LogP contribution in [-0.2, 0) is 22.6 Å². The lowest BCUT2D eigenvalue weighted by atomic mass is 9.94. The second-order valence-electron chi connectivity index (χ2n) is 7.58. The molecule has 0 saturated carbocycles. The van der Waals surface area contributed by atoms with Gasteiger partial charge in [-0.2, -0.15) is 0 Å². The van der Waals surface area contributed by atoms with Crippen molar-refractivity contribution in [2.45, 2.75) is 51.2 Å². The van der Waals surface area contributed by atoms with Gasteiger partial charge in [-0.3, -0.25) is 19.8 Å². The van der Waals surface area contributed by atoms with Gasteiger partial charge in [0, 0.05) is 31.6 Å². The van der Waals surface area contributed by atoms with E-state index in [1.807, 2.05) is 0 Å². The Morgan fingerprint density at radius 3 is 2.69 bits per heavy atom. The highest BCUT2D eigenvalue weighted by Gasteiger charge is 2.31. The Labute approximate surface area is 153 Å². The van der Waals surface area contributed by atoms with Crippen LogP contribution in [0, 0.1) is 0 Å². The van der Waals surface area contributed by atoms with Crippen molar-refractivity contribution in [2.24, 2.45) is 0 Å². The third-order valence-electron chi connectivity index (χ3n) is 5.22. The van der Waals surface area contributed by atoms with E-state index in [1.165, 1.54) is 11.1 Å². The first kappa shape index (κ1) is 18.4. The molecule has 1 saturated heterocycles. The summed E-state index contributed by atoms with van der Waals surface area (Å²) in [6, 6.07) is 7.38. The number of carbonyl (C=O) groups is 3. The van der Waals surface area contributed by atoms with E-state index in [-0.39, 0.29) is 23.8 Å². The van der Waals surface area contributed by atoms with Crippen LogP contribution in [0.5, 0.6) is 0 Å². The van der Waals surface area contributed by atoms with Crippen LogP contribution in [0.3, 0.4) is 0 Å². The summed E-state index contributed by atoms with van der Waals surface area (Å²) in [4.78, 5) is 37.1. The lowest BCUT2D eigenvalue weighted by Gasteiger charge is -2.41. The standard InChI is InChI=1S/C19H26N4O3/c1-19(2,23-10-9-13-5-3-4-6-14(13)11-23)12-20-16(24)8-7-15-17(25)22-18(26)21-15/h3-6,15H,7-12H2,1-2H3,(H,20,24)(H2,21,22,25,26)/t15-/m1/s1. The van der Waals surface area contributed by atoms with Crippen molar-refractivity contribution in [3.8, 4) is 0 Å². The van der Waals surface area contributed by atoms with E-state index in [2.05, 4.69) is 59.0 Å². The van der Waals surface area contributed by atoms with E-state index < -0.39 is 12.1 Å². The molecule has 2 heterocycles. The Kier molecular flexibility index (Phi) is 5.27. The first-order chi connectivity index (χ1) is 12.3. The van der Waals surface area contributed by atoms with Crippen molar-refractivity contribution < 1.29 is 14.4 Å². The first-order valence-electron chi connectivity index (χ1n) is 9.05. The molecule has 1 atom stereocenters. The molecule has 7 heteroatoms. The summed E-state index contributed by atoms with van der Waals surface area (Å²) in [6.07, 6.45) is 1.53. The van der Waals surface area contributed by atoms with Crippen molar-refractivity contribution in [3.05, 3.63) is 35.4 Å². The molecule has 2 aliphatic rings. The summed E-state index contributed by atoms with van der Waals surface area (Å²) >= 11 is 0. The lowest BCUT2D eigenvalue weighted by Crippen LogP contribution is -2.53. The van der Waals surface area contributed by atoms with Gasteiger partial charge in [0.2, 0.25) is 5.91 Å².